The van der Waals surface area contributed by atoms with Crippen LogP contribution in [-0.4, -0.2) is 71.6 Å². The van der Waals surface area contributed by atoms with Crippen LogP contribution in [0.1, 0.15) is 78.1 Å². The molecule has 6 rings (SSSR count). The minimum Gasteiger partial charge on any atom is -0.458 e. The number of aliphatic hydroxyl groups is 2. The molecule has 5 fully saturated rings. The summed E-state index contributed by atoms with van der Waals surface area (Å²) in [6.07, 6.45) is 11.9. The average Bonchev–Trinajstić information content (AvgIpc) is 3.40. The van der Waals surface area contributed by atoms with Crippen LogP contribution in [0.4, 0.5) is 0 Å². The van der Waals surface area contributed by atoms with Crippen LogP contribution in [0, 0.1) is 34.5 Å². The summed E-state index contributed by atoms with van der Waals surface area (Å²) in [4.78, 5) is 14.5. The van der Waals surface area contributed by atoms with Crippen LogP contribution in [0.25, 0.3) is 0 Å². The molecule has 0 aromatic heterocycles. The van der Waals surface area contributed by atoms with Crippen molar-refractivity contribution in [3.63, 3.8) is 0 Å². The van der Waals surface area contributed by atoms with Crippen molar-refractivity contribution in [3.05, 3.63) is 11.6 Å². The zero-order valence-electron chi connectivity index (χ0n) is 22.0. The Kier molecular flexibility index (Phi) is 5.95. The maximum atomic E-state index is 12.4. The third kappa shape index (κ3) is 3.45. The fraction of sp³-hybridized carbons (Fsp3) is 0.897. The van der Waals surface area contributed by atoms with Gasteiger partial charge in [-0.2, -0.15) is 0 Å². The molecule has 6 nitrogen and oxygen atoms in total. The summed E-state index contributed by atoms with van der Waals surface area (Å²) >= 11 is 0. The number of cyclic esters (lactones) is 1. The van der Waals surface area contributed by atoms with E-state index in [1.165, 1.54) is 38.5 Å². The van der Waals surface area contributed by atoms with Gasteiger partial charge in [-0.1, -0.05) is 13.8 Å². The molecule has 2 unspecified atom stereocenters. The summed E-state index contributed by atoms with van der Waals surface area (Å²) in [6.45, 7) is 7.20. The number of hydrogen-bond acceptors (Lipinski definition) is 6. The van der Waals surface area contributed by atoms with Gasteiger partial charge in [0.2, 0.25) is 0 Å². The average molecular weight is 487 g/mol. The molecule has 0 amide bonds. The highest BCUT2D eigenvalue weighted by Gasteiger charge is 2.70. The molecule has 0 aromatic rings. The number of fused-ring (bicyclic) bond motifs is 5. The predicted octanol–water partition coefficient (Wildman–Crippen LogP) is 3.27. The monoisotopic (exact) mass is 486 g/mol. The molecule has 9 atom stereocenters. The largest absolute Gasteiger partial charge is 0.458 e. The molecule has 2 heterocycles. The lowest BCUT2D eigenvalue weighted by molar-refractivity contribution is -0.244. The van der Waals surface area contributed by atoms with Crippen molar-refractivity contribution >= 4 is 5.97 Å². The number of esters is 1. The summed E-state index contributed by atoms with van der Waals surface area (Å²) in [7, 11) is 2.36. The van der Waals surface area contributed by atoms with E-state index in [1.54, 1.807) is 6.08 Å². The lowest BCUT2D eigenvalue weighted by atomic mass is 9.42. The molecule has 0 aromatic carbocycles. The summed E-state index contributed by atoms with van der Waals surface area (Å²) in [5, 5.41) is 27.7. The number of hydrogen-bond donors (Lipinski definition) is 3. The Bertz CT molecular complexity index is 886. The van der Waals surface area contributed by atoms with E-state index in [0.717, 1.165) is 44.3 Å². The van der Waals surface area contributed by atoms with E-state index < -0.39 is 17.1 Å². The number of nitrogens with one attached hydrogen (secondary N) is 1. The van der Waals surface area contributed by atoms with E-state index in [-0.39, 0.29) is 23.2 Å². The van der Waals surface area contributed by atoms with Crippen molar-refractivity contribution in [2.75, 3.05) is 26.7 Å². The van der Waals surface area contributed by atoms with Crippen molar-refractivity contribution in [1.29, 1.82) is 0 Å². The van der Waals surface area contributed by atoms with Gasteiger partial charge in [0.1, 0.15) is 6.61 Å². The lowest BCUT2D eigenvalue weighted by Crippen LogP contribution is -2.67. The van der Waals surface area contributed by atoms with Gasteiger partial charge >= 0.3 is 5.97 Å². The zero-order valence-corrected chi connectivity index (χ0v) is 22.0. The van der Waals surface area contributed by atoms with E-state index in [4.69, 9.17) is 4.74 Å². The van der Waals surface area contributed by atoms with Gasteiger partial charge < -0.3 is 25.2 Å². The lowest BCUT2D eigenvalue weighted by Gasteiger charge is -2.65. The molecule has 3 N–H and O–H groups in total. The first-order valence-electron chi connectivity index (χ1n) is 14.4. The quantitative estimate of drug-likeness (QED) is 0.531. The fourth-order valence-corrected chi connectivity index (χ4v) is 10.2. The first-order valence-corrected chi connectivity index (χ1v) is 14.4. The van der Waals surface area contributed by atoms with Gasteiger partial charge in [-0.3, -0.25) is 0 Å². The van der Waals surface area contributed by atoms with Crippen molar-refractivity contribution in [2.24, 2.45) is 34.5 Å². The highest BCUT2D eigenvalue weighted by Crippen LogP contribution is 2.70. The van der Waals surface area contributed by atoms with Crippen LogP contribution >= 0.6 is 0 Å². The summed E-state index contributed by atoms with van der Waals surface area (Å²) in [5.41, 5.74) is -0.310. The van der Waals surface area contributed by atoms with E-state index in [1.807, 2.05) is 0 Å². The van der Waals surface area contributed by atoms with Crippen molar-refractivity contribution < 1.29 is 19.7 Å². The van der Waals surface area contributed by atoms with Crippen LogP contribution in [0.2, 0.25) is 0 Å². The van der Waals surface area contributed by atoms with Gasteiger partial charge in [0.05, 0.1) is 11.7 Å². The first-order chi connectivity index (χ1) is 16.7. The summed E-state index contributed by atoms with van der Waals surface area (Å²) in [5.74, 6) is 1.02. The normalized spacial score (nSPS) is 50.3. The molecule has 4 saturated carbocycles. The van der Waals surface area contributed by atoms with Gasteiger partial charge in [-0.15, -0.1) is 0 Å². The number of aliphatic hydroxyl groups excluding tert-OH is 1. The molecule has 35 heavy (non-hydrogen) atoms. The third-order valence-corrected chi connectivity index (χ3v) is 12.5. The Hall–Kier alpha value is -0.950. The fourth-order valence-electron chi connectivity index (χ4n) is 10.2. The van der Waals surface area contributed by atoms with Crippen molar-refractivity contribution in [1.82, 2.24) is 10.2 Å². The van der Waals surface area contributed by atoms with Gasteiger partial charge in [0, 0.05) is 23.6 Å². The number of nitrogens with zero attached hydrogens (tertiary/aromatic N) is 1. The molecule has 6 aliphatic rings. The molecule has 2 aliphatic heterocycles. The Morgan fingerprint density at radius 2 is 1.77 bits per heavy atom. The second kappa shape index (κ2) is 8.54. The summed E-state index contributed by atoms with van der Waals surface area (Å²) in [6, 6.07) is 1.37. The van der Waals surface area contributed by atoms with Crippen LogP contribution in [0.15, 0.2) is 11.6 Å². The Labute approximate surface area is 210 Å². The van der Waals surface area contributed by atoms with Crippen molar-refractivity contribution in [3.8, 4) is 0 Å². The third-order valence-electron chi connectivity index (χ3n) is 12.5. The minimum absolute atomic E-state index is 0.0230. The first kappa shape index (κ1) is 24.4. The van der Waals surface area contributed by atoms with E-state index in [0.29, 0.717) is 30.5 Å². The highest BCUT2D eigenvalue weighted by molar-refractivity contribution is 5.85. The molecule has 1 saturated heterocycles. The maximum absolute atomic E-state index is 12.4. The zero-order chi connectivity index (χ0) is 24.6. The number of piperidine rings is 1. The predicted molar refractivity (Wildman–Crippen MR) is 135 cm³/mol. The SMILES string of the molecule is CN(C1CCNCC1)[C@H]1CC[C@@]2(C)[C@@H](CC[C@@H]3[C@@H]2C[C@@H](O)[C@@]2(C)C(C4=CC(=O)OC4)CCC32O)C1. The van der Waals surface area contributed by atoms with E-state index >= 15 is 0 Å². The molecule has 0 bridgehead atoms. The molecule has 6 heteroatoms. The Morgan fingerprint density at radius 3 is 2.49 bits per heavy atom. The molecule has 196 valence electrons. The smallest absolute Gasteiger partial charge is 0.331 e. The number of ether oxygens (including phenoxy) is 1. The van der Waals surface area contributed by atoms with Crippen molar-refractivity contribution in [2.45, 2.75) is 102 Å². The molecular formula is C29H46N2O4. The second-order valence-electron chi connectivity index (χ2n) is 13.4. The Balaban J connectivity index is 1.23. The van der Waals surface area contributed by atoms with Gasteiger partial charge in [0.25, 0.3) is 0 Å². The molecule has 0 radical (unpaired) electrons. The van der Waals surface area contributed by atoms with E-state index in [9.17, 15) is 15.0 Å². The summed E-state index contributed by atoms with van der Waals surface area (Å²) < 4.78 is 5.23. The van der Waals surface area contributed by atoms with Gasteiger partial charge in [-0.05, 0) is 119 Å². The number of rotatable bonds is 3. The Morgan fingerprint density at radius 1 is 1.00 bits per heavy atom. The van der Waals surface area contributed by atoms with Crippen LogP contribution in [0.3, 0.4) is 0 Å². The van der Waals surface area contributed by atoms with Gasteiger partial charge in [0.15, 0.2) is 0 Å². The molecular weight excluding hydrogens is 440 g/mol. The molecule has 4 aliphatic carbocycles. The maximum Gasteiger partial charge on any atom is 0.331 e. The van der Waals surface area contributed by atoms with E-state index in [2.05, 4.69) is 31.1 Å². The van der Waals surface area contributed by atoms with Crippen LogP contribution in [-0.2, 0) is 9.53 Å². The highest BCUT2D eigenvalue weighted by atomic mass is 16.5. The standard InChI is InChI=1S/C29H46N2O4/c1-27-10-6-21(31(3)20-8-12-30-13-9-20)15-19(27)4-5-23-24(27)16-25(32)28(2)22(7-11-29(23,28)34)18-14-26(33)35-17-18/h14,19-25,30,32,34H,4-13,15-17H2,1-3H3/t19-,21-,22?,23+,24-,25+,27-,28+,29?/m0/s1. The number of carbonyl (C=O) groups excluding carboxylic acids is 1. The minimum atomic E-state index is -0.872. The molecule has 0 spiro atoms. The van der Waals surface area contributed by atoms with Gasteiger partial charge in [-0.25, -0.2) is 4.79 Å². The van der Waals surface area contributed by atoms with Crippen LogP contribution < -0.4 is 5.32 Å². The number of carbonyl (C=O) groups is 1. The second-order valence-corrected chi connectivity index (χ2v) is 13.4. The van der Waals surface area contributed by atoms with Crippen LogP contribution in [0.5, 0.6) is 0 Å². The topological polar surface area (TPSA) is 82.0 Å².